The number of furan rings is 1. The van der Waals surface area contributed by atoms with Crippen molar-refractivity contribution in [3.8, 4) is 44.5 Å². The molecule has 1 aromatic heterocycles. The predicted molar refractivity (Wildman–Crippen MR) is 222 cm³/mol. The average Bonchev–Trinajstić information content (AvgIpc) is 3.71. The SMILES string of the molecule is CC1(C)c2ccccc2-c2ccc(N(c3ccccc3-c3ccccc3)c3cc(-c4ccc(-c5ccccc5)cc4)cc4c3oc3ccccc34)cc21. The van der Waals surface area contributed by atoms with Crippen LogP contribution in [0.1, 0.15) is 25.0 Å². The van der Waals surface area contributed by atoms with Crippen LogP contribution in [0, 0.1) is 0 Å². The Hall–Kier alpha value is -6.64. The Morgan fingerprint density at radius 2 is 0.981 bits per heavy atom. The minimum Gasteiger partial charge on any atom is -0.454 e. The zero-order valence-electron chi connectivity index (χ0n) is 29.8. The standard InChI is InChI=1S/C51H37NO/c1-51(2)45-22-12-9-20-41(45)42-30-29-39(33-46(42)51)52(47-23-13-10-19-40(47)37-17-7-4-8-18-37)48-32-38(31-44-43-21-11-14-24-49(43)53-50(44)48)36-27-25-35(26-28-36)34-15-5-3-6-16-34/h3-33H,1-2H3. The number of hydrogen-bond acceptors (Lipinski definition) is 2. The minimum atomic E-state index is -0.149. The highest BCUT2D eigenvalue weighted by Gasteiger charge is 2.36. The summed E-state index contributed by atoms with van der Waals surface area (Å²) in [6, 6.07) is 67.8. The second kappa shape index (κ2) is 12.3. The number of nitrogens with zero attached hydrogens (tertiary/aromatic N) is 1. The van der Waals surface area contributed by atoms with E-state index in [1.165, 1.54) is 33.4 Å². The number of benzene rings is 8. The largest absolute Gasteiger partial charge is 0.454 e. The Labute approximate surface area is 310 Å². The summed E-state index contributed by atoms with van der Waals surface area (Å²) in [6.45, 7) is 4.70. The second-order valence-corrected chi connectivity index (χ2v) is 14.5. The number of para-hydroxylation sites is 2. The van der Waals surface area contributed by atoms with E-state index in [1.54, 1.807) is 0 Å². The highest BCUT2D eigenvalue weighted by molar-refractivity contribution is 6.12. The Kier molecular flexibility index (Phi) is 7.19. The fourth-order valence-electron chi connectivity index (χ4n) is 8.40. The first-order chi connectivity index (χ1) is 26.0. The first-order valence-electron chi connectivity index (χ1n) is 18.3. The van der Waals surface area contributed by atoms with Gasteiger partial charge in [0.1, 0.15) is 5.58 Å². The van der Waals surface area contributed by atoms with Crippen LogP contribution in [0.15, 0.2) is 192 Å². The van der Waals surface area contributed by atoms with E-state index in [4.69, 9.17) is 4.42 Å². The monoisotopic (exact) mass is 679 g/mol. The second-order valence-electron chi connectivity index (χ2n) is 14.5. The van der Waals surface area contributed by atoms with Gasteiger partial charge in [-0.3, -0.25) is 0 Å². The normalized spacial score (nSPS) is 12.9. The molecule has 1 heterocycles. The molecule has 0 unspecified atom stereocenters. The van der Waals surface area contributed by atoms with E-state index in [2.05, 4.69) is 207 Å². The molecule has 0 saturated heterocycles. The molecule has 0 aliphatic heterocycles. The first kappa shape index (κ1) is 31.1. The van der Waals surface area contributed by atoms with Crippen molar-refractivity contribution in [1.29, 1.82) is 0 Å². The fourth-order valence-corrected chi connectivity index (χ4v) is 8.40. The van der Waals surface area contributed by atoms with Crippen LogP contribution in [0.25, 0.3) is 66.4 Å². The van der Waals surface area contributed by atoms with Gasteiger partial charge in [0.05, 0.1) is 11.4 Å². The fraction of sp³-hybridized carbons (Fsp3) is 0.0588. The average molecular weight is 680 g/mol. The van der Waals surface area contributed by atoms with Gasteiger partial charge >= 0.3 is 0 Å². The maximum absolute atomic E-state index is 6.86. The van der Waals surface area contributed by atoms with Crippen LogP contribution in [0.2, 0.25) is 0 Å². The van der Waals surface area contributed by atoms with Gasteiger partial charge in [-0.1, -0.05) is 166 Å². The lowest BCUT2D eigenvalue weighted by Gasteiger charge is -2.30. The van der Waals surface area contributed by atoms with E-state index in [1.807, 2.05) is 0 Å². The molecule has 0 saturated carbocycles. The highest BCUT2D eigenvalue weighted by atomic mass is 16.3. The van der Waals surface area contributed by atoms with Gasteiger partial charge in [-0.25, -0.2) is 0 Å². The molecule has 9 aromatic rings. The van der Waals surface area contributed by atoms with Crippen molar-refractivity contribution >= 4 is 39.0 Å². The molecular weight excluding hydrogens is 643 g/mol. The van der Waals surface area contributed by atoms with Gasteiger partial charge in [-0.15, -0.1) is 0 Å². The maximum Gasteiger partial charge on any atom is 0.159 e. The predicted octanol–water partition coefficient (Wildman–Crippen LogP) is 14.4. The van der Waals surface area contributed by atoms with Crippen molar-refractivity contribution in [3.63, 3.8) is 0 Å². The summed E-state index contributed by atoms with van der Waals surface area (Å²) in [5, 5.41) is 2.20. The molecule has 0 fully saturated rings. The number of anilines is 3. The molecule has 2 nitrogen and oxygen atoms in total. The van der Waals surface area contributed by atoms with Crippen molar-refractivity contribution in [3.05, 3.63) is 199 Å². The van der Waals surface area contributed by atoms with Gasteiger partial charge in [0.15, 0.2) is 5.58 Å². The lowest BCUT2D eigenvalue weighted by Crippen LogP contribution is -2.17. The Morgan fingerprint density at radius 3 is 1.75 bits per heavy atom. The van der Waals surface area contributed by atoms with Crippen molar-refractivity contribution in [2.45, 2.75) is 19.3 Å². The van der Waals surface area contributed by atoms with Crippen LogP contribution in [0.3, 0.4) is 0 Å². The molecule has 0 radical (unpaired) electrons. The van der Waals surface area contributed by atoms with E-state index < -0.39 is 0 Å². The summed E-state index contributed by atoms with van der Waals surface area (Å²) in [5.41, 5.74) is 17.1. The van der Waals surface area contributed by atoms with Gasteiger partial charge < -0.3 is 9.32 Å². The van der Waals surface area contributed by atoms with E-state index in [-0.39, 0.29) is 5.41 Å². The Balaban J connectivity index is 1.25. The summed E-state index contributed by atoms with van der Waals surface area (Å²) in [6.07, 6.45) is 0. The molecule has 0 spiro atoms. The van der Waals surface area contributed by atoms with Crippen LogP contribution in [0.5, 0.6) is 0 Å². The van der Waals surface area contributed by atoms with E-state index in [9.17, 15) is 0 Å². The Bertz CT molecular complexity index is 2790. The summed E-state index contributed by atoms with van der Waals surface area (Å²) < 4.78 is 6.86. The molecule has 252 valence electrons. The molecule has 0 bridgehead atoms. The third-order valence-corrected chi connectivity index (χ3v) is 11.1. The van der Waals surface area contributed by atoms with Crippen molar-refractivity contribution in [2.75, 3.05) is 4.90 Å². The molecule has 8 aromatic carbocycles. The molecule has 10 rings (SSSR count). The van der Waals surface area contributed by atoms with Gasteiger partial charge in [0.2, 0.25) is 0 Å². The molecule has 53 heavy (non-hydrogen) atoms. The lowest BCUT2D eigenvalue weighted by atomic mass is 9.82. The summed E-state index contributed by atoms with van der Waals surface area (Å²) in [5.74, 6) is 0. The molecular formula is C51H37NO. The van der Waals surface area contributed by atoms with E-state index >= 15 is 0 Å². The molecule has 2 heteroatoms. The van der Waals surface area contributed by atoms with Crippen LogP contribution in [-0.4, -0.2) is 0 Å². The van der Waals surface area contributed by atoms with Gasteiger partial charge in [-0.05, 0) is 86.5 Å². The van der Waals surface area contributed by atoms with Crippen molar-refractivity contribution < 1.29 is 4.42 Å². The summed E-state index contributed by atoms with van der Waals surface area (Å²) in [7, 11) is 0. The van der Waals surface area contributed by atoms with Crippen LogP contribution in [0.4, 0.5) is 17.1 Å². The molecule has 0 atom stereocenters. The van der Waals surface area contributed by atoms with Crippen molar-refractivity contribution in [1.82, 2.24) is 0 Å². The molecule has 1 aliphatic carbocycles. The quantitative estimate of drug-likeness (QED) is 0.174. The zero-order valence-corrected chi connectivity index (χ0v) is 29.8. The number of rotatable bonds is 6. The van der Waals surface area contributed by atoms with Gasteiger partial charge in [-0.2, -0.15) is 0 Å². The summed E-state index contributed by atoms with van der Waals surface area (Å²) >= 11 is 0. The third-order valence-electron chi connectivity index (χ3n) is 11.1. The smallest absolute Gasteiger partial charge is 0.159 e. The molecule has 1 aliphatic rings. The van der Waals surface area contributed by atoms with Crippen LogP contribution in [-0.2, 0) is 5.41 Å². The van der Waals surface area contributed by atoms with E-state index in [0.29, 0.717) is 0 Å². The van der Waals surface area contributed by atoms with Crippen molar-refractivity contribution in [2.24, 2.45) is 0 Å². The van der Waals surface area contributed by atoms with E-state index in [0.717, 1.165) is 61.3 Å². The van der Waals surface area contributed by atoms with Crippen LogP contribution >= 0.6 is 0 Å². The van der Waals surface area contributed by atoms with Gasteiger partial charge in [0, 0.05) is 27.4 Å². The first-order valence-corrected chi connectivity index (χ1v) is 18.3. The third kappa shape index (κ3) is 5.10. The Morgan fingerprint density at radius 1 is 0.396 bits per heavy atom. The number of hydrogen-bond donors (Lipinski definition) is 0. The van der Waals surface area contributed by atoms with Crippen LogP contribution < -0.4 is 4.90 Å². The summed E-state index contributed by atoms with van der Waals surface area (Å²) in [4.78, 5) is 2.42. The maximum atomic E-state index is 6.86. The highest BCUT2D eigenvalue weighted by Crippen LogP contribution is 2.52. The van der Waals surface area contributed by atoms with Gasteiger partial charge in [0.25, 0.3) is 0 Å². The molecule has 0 amide bonds. The number of fused-ring (bicyclic) bond motifs is 6. The topological polar surface area (TPSA) is 16.4 Å². The minimum absolute atomic E-state index is 0.149. The molecule has 0 N–H and O–H groups in total. The lowest BCUT2D eigenvalue weighted by molar-refractivity contribution is 0.660. The zero-order chi connectivity index (χ0) is 35.5.